The predicted octanol–water partition coefficient (Wildman–Crippen LogP) is 5.45. The van der Waals surface area contributed by atoms with Crippen LogP contribution in [-0.2, 0) is 4.79 Å². The first-order valence-electron chi connectivity index (χ1n) is 11.9. The summed E-state index contributed by atoms with van der Waals surface area (Å²) in [7, 11) is 0. The molecule has 178 valence electrons. The maximum absolute atomic E-state index is 12.8. The lowest BCUT2D eigenvalue weighted by Crippen LogP contribution is -2.44. The van der Waals surface area contributed by atoms with Crippen LogP contribution in [0.15, 0.2) is 61.3 Å². The van der Waals surface area contributed by atoms with Gasteiger partial charge in [-0.3, -0.25) is 9.69 Å². The minimum absolute atomic E-state index is 0.109. The van der Waals surface area contributed by atoms with E-state index in [9.17, 15) is 4.79 Å². The van der Waals surface area contributed by atoms with Crippen molar-refractivity contribution in [1.82, 2.24) is 19.7 Å². The number of amides is 1. The van der Waals surface area contributed by atoms with Gasteiger partial charge in [0.05, 0.1) is 16.6 Å². The third kappa shape index (κ3) is 4.83. The molecule has 2 aromatic carbocycles. The van der Waals surface area contributed by atoms with E-state index in [-0.39, 0.29) is 12.5 Å². The minimum atomic E-state index is 0.109. The number of rotatable bonds is 6. The average molecular weight is 497 g/mol. The van der Waals surface area contributed by atoms with E-state index in [1.807, 2.05) is 11.0 Å². The standard InChI is InChI=1S/C27H30Cl2N4O/c1-19(21-6-7-24(28)25(29)16-21)30-17-27(34)32-14-11-23(18-32)31-12-9-22(10-13-31)33-15-8-20-4-2-3-5-26(20)33/h2-8,15-16,22-23,30H,1,9-14,17-18H2. The molecule has 0 bridgehead atoms. The second-order valence-corrected chi connectivity index (χ2v) is 10.1. The van der Waals surface area contributed by atoms with Crippen molar-refractivity contribution in [3.8, 4) is 0 Å². The van der Waals surface area contributed by atoms with Crippen LogP contribution < -0.4 is 5.32 Å². The number of carbonyl (C=O) groups is 1. The molecular formula is C27H30Cl2N4O. The fourth-order valence-corrected chi connectivity index (χ4v) is 5.60. The summed E-state index contributed by atoms with van der Waals surface area (Å²) < 4.78 is 2.45. The van der Waals surface area contributed by atoms with Crippen LogP contribution in [0.25, 0.3) is 16.6 Å². The molecule has 0 aliphatic carbocycles. The molecule has 2 saturated heterocycles. The van der Waals surface area contributed by atoms with Crippen molar-refractivity contribution in [3.63, 3.8) is 0 Å². The number of para-hydroxylation sites is 1. The zero-order chi connectivity index (χ0) is 23.7. The Morgan fingerprint density at radius 1 is 0.971 bits per heavy atom. The van der Waals surface area contributed by atoms with Crippen LogP contribution in [-0.4, -0.2) is 59.0 Å². The smallest absolute Gasteiger partial charge is 0.241 e. The fraction of sp³-hybridized carbons (Fsp3) is 0.370. The molecule has 0 radical (unpaired) electrons. The highest BCUT2D eigenvalue weighted by molar-refractivity contribution is 6.42. The predicted molar refractivity (Wildman–Crippen MR) is 140 cm³/mol. The highest BCUT2D eigenvalue weighted by Gasteiger charge is 2.32. The first kappa shape index (κ1) is 23.3. The number of aromatic nitrogens is 1. The normalized spacial score (nSPS) is 19.6. The topological polar surface area (TPSA) is 40.5 Å². The van der Waals surface area contributed by atoms with Gasteiger partial charge in [-0.25, -0.2) is 0 Å². The van der Waals surface area contributed by atoms with Crippen LogP contribution in [0.5, 0.6) is 0 Å². The van der Waals surface area contributed by atoms with Crippen LogP contribution in [0.4, 0.5) is 0 Å². The van der Waals surface area contributed by atoms with Crippen LogP contribution in [0.2, 0.25) is 10.0 Å². The van der Waals surface area contributed by atoms with Crippen LogP contribution in [0.3, 0.4) is 0 Å². The highest BCUT2D eigenvalue weighted by atomic mass is 35.5. The summed E-state index contributed by atoms with van der Waals surface area (Å²) in [5.41, 5.74) is 2.83. The van der Waals surface area contributed by atoms with Crippen LogP contribution >= 0.6 is 23.2 Å². The largest absolute Gasteiger partial charge is 0.376 e. The van der Waals surface area contributed by atoms with Gasteiger partial charge >= 0.3 is 0 Å². The molecule has 2 aliphatic rings. The molecule has 3 heterocycles. The van der Waals surface area contributed by atoms with Gasteiger partial charge in [-0.05, 0) is 54.5 Å². The number of carbonyl (C=O) groups excluding carboxylic acids is 1. The Kier molecular flexibility index (Phi) is 6.87. The summed E-state index contributed by atoms with van der Waals surface area (Å²) in [4.78, 5) is 17.4. The lowest BCUT2D eigenvalue weighted by atomic mass is 10.0. The summed E-state index contributed by atoms with van der Waals surface area (Å²) >= 11 is 12.1. The monoisotopic (exact) mass is 496 g/mol. The molecule has 1 amide bonds. The van der Waals surface area contributed by atoms with E-state index in [0.29, 0.717) is 27.8 Å². The molecule has 0 spiro atoms. The Hall–Kier alpha value is -2.47. The number of nitrogens with zero attached hydrogens (tertiary/aromatic N) is 3. The molecule has 5 rings (SSSR count). The van der Waals surface area contributed by atoms with Crippen molar-refractivity contribution in [3.05, 3.63) is 76.9 Å². The van der Waals surface area contributed by atoms with Crippen molar-refractivity contribution < 1.29 is 4.79 Å². The SMILES string of the molecule is C=C(NCC(=O)N1CCC(N2CCC(n3ccc4ccccc43)CC2)C1)c1ccc(Cl)c(Cl)c1. The third-order valence-corrected chi connectivity index (χ3v) is 8.01. The molecule has 1 unspecified atom stereocenters. The fourth-order valence-electron chi connectivity index (χ4n) is 5.30. The van der Waals surface area contributed by atoms with E-state index in [1.165, 1.54) is 10.9 Å². The average Bonchev–Trinajstić information content (AvgIpc) is 3.52. The van der Waals surface area contributed by atoms with Gasteiger partial charge in [0, 0.05) is 55.7 Å². The zero-order valence-corrected chi connectivity index (χ0v) is 20.7. The Morgan fingerprint density at radius 3 is 2.53 bits per heavy atom. The second-order valence-electron chi connectivity index (χ2n) is 9.29. The number of hydrogen-bond donors (Lipinski definition) is 1. The van der Waals surface area contributed by atoms with Gasteiger partial charge in [0.15, 0.2) is 0 Å². The number of halogens is 2. The molecule has 1 N–H and O–H groups in total. The summed E-state index contributed by atoms with van der Waals surface area (Å²) in [6.45, 7) is 8.04. The maximum Gasteiger partial charge on any atom is 0.241 e. The summed E-state index contributed by atoms with van der Waals surface area (Å²) in [6.07, 6.45) is 5.57. The van der Waals surface area contributed by atoms with E-state index in [4.69, 9.17) is 23.2 Å². The molecule has 0 saturated carbocycles. The van der Waals surface area contributed by atoms with Crippen molar-refractivity contribution >= 4 is 45.7 Å². The molecule has 1 atom stereocenters. The van der Waals surface area contributed by atoms with E-state index in [1.54, 1.807) is 12.1 Å². The highest BCUT2D eigenvalue weighted by Crippen LogP contribution is 2.30. The number of likely N-dealkylation sites (tertiary alicyclic amines) is 2. The zero-order valence-electron chi connectivity index (χ0n) is 19.2. The van der Waals surface area contributed by atoms with E-state index in [2.05, 4.69) is 57.9 Å². The molecule has 5 nitrogen and oxygen atoms in total. The van der Waals surface area contributed by atoms with Gasteiger partial charge in [0.1, 0.15) is 0 Å². The Morgan fingerprint density at radius 2 is 1.74 bits per heavy atom. The van der Waals surface area contributed by atoms with Gasteiger partial charge in [0.25, 0.3) is 0 Å². The van der Waals surface area contributed by atoms with Crippen molar-refractivity contribution in [2.45, 2.75) is 31.3 Å². The quantitative estimate of drug-likeness (QED) is 0.493. The molecule has 7 heteroatoms. The second kappa shape index (κ2) is 10.0. The Labute approximate surface area is 210 Å². The van der Waals surface area contributed by atoms with Gasteiger partial charge in [-0.1, -0.05) is 54.0 Å². The van der Waals surface area contributed by atoms with Crippen LogP contribution in [0.1, 0.15) is 30.9 Å². The molecule has 1 aromatic heterocycles. The van der Waals surface area contributed by atoms with Gasteiger partial charge < -0.3 is 14.8 Å². The summed E-state index contributed by atoms with van der Waals surface area (Å²) in [5, 5.41) is 5.44. The van der Waals surface area contributed by atoms with Gasteiger partial charge in [-0.2, -0.15) is 0 Å². The van der Waals surface area contributed by atoms with Crippen molar-refractivity contribution in [1.29, 1.82) is 0 Å². The maximum atomic E-state index is 12.8. The number of fused-ring (bicyclic) bond motifs is 1. The van der Waals surface area contributed by atoms with Gasteiger partial charge in [-0.15, -0.1) is 0 Å². The van der Waals surface area contributed by atoms with E-state index in [0.717, 1.165) is 51.0 Å². The van der Waals surface area contributed by atoms with E-state index < -0.39 is 0 Å². The van der Waals surface area contributed by atoms with Gasteiger partial charge in [0.2, 0.25) is 5.91 Å². The first-order chi connectivity index (χ1) is 16.5. The van der Waals surface area contributed by atoms with E-state index >= 15 is 0 Å². The lowest BCUT2D eigenvalue weighted by Gasteiger charge is -2.36. The first-order valence-corrected chi connectivity index (χ1v) is 12.7. The Bertz CT molecular complexity index is 1200. The molecule has 3 aromatic rings. The summed E-state index contributed by atoms with van der Waals surface area (Å²) in [6, 6.07) is 17.2. The molecular weight excluding hydrogens is 467 g/mol. The molecule has 2 aliphatic heterocycles. The molecule has 2 fully saturated rings. The summed E-state index contributed by atoms with van der Waals surface area (Å²) in [5.74, 6) is 0.109. The Balaban J connectivity index is 1.10. The third-order valence-electron chi connectivity index (χ3n) is 7.28. The van der Waals surface area contributed by atoms with Crippen LogP contribution in [0, 0.1) is 0 Å². The number of piperidine rings is 1. The molecule has 34 heavy (non-hydrogen) atoms. The minimum Gasteiger partial charge on any atom is -0.376 e. The lowest BCUT2D eigenvalue weighted by molar-refractivity contribution is -0.129. The van der Waals surface area contributed by atoms with Crippen molar-refractivity contribution in [2.24, 2.45) is 0 Å². The number of hydrogen-bond acceptors (Lipinski definition) is 3. The number of benzene rings is 2. The number of nitrogens with one attached hydrogen (secondary N) is 1. The van der Waals surface area contributed by atoms with Crippen molar-refractivity contribution in [2.75, 3.05) is 32.7 Å².